The summed E-state index contributed by atoms with van der Waals surface area (Å²) in [5.41, 5.74) is 3.78. The summed E-state index contributed by atoms with van der Waals surface area (Å²) in [7, 11) is 0. The molecule has 0 aliphatic heterocycles. The molecule has 1 heterocycles. The maximum atomic E-state index is 8.90. The number of nitriles is 1. The van der Waals surface area contributed by atoms with Crippen molar-refractivity contribution in [3.8, 4) is 34.3 Å². The Kier molecular flexibility index (Phi) is 6.92. The Morgan fingerprint density at radius 2 is 1.50 bits per heavy atom. The standard InChI is InChI=1S/C24H23N3O/c1-2-3-4-5-6-15-28-23-17-26-24(27-18-23)22-13-11-21(12-14-22)20-9-7-19(16-25)8-10-20/h2-3,7-14,17-18H,4-6,15H2,1H3/b3-2-. The van der Waals surface area contributed by atoms with Crippen molar-refractivity contribution in [2.24, 2.45) is 0 Å². The first kappa shape index (κ1) is 19.3. The number of nitrogens with zero attached hydrogens (tertiary/aromatic N) is 3. The second kappa shape index (κ2) is 10.0. The van der Waals surface area contributed by atoms with E-state index in [0.717, 1.165) is 36.0 Å². The first-order valence-electron chi connectivity index (χ1n) is 9.47. The highest BCUT2D eigenvalue weighted by molar-refractivity contribution is 5.68. The van der Waals surface area contributed by atoms with Crippen LogP contribution in [0.3, 0.4) is 0 Å². The Balaban J connectivity index is 1.58. The van der Waals surface area contributed by atoms with Gasteiger partial charge in [-0.2, -0.15) is 5.26 Å². The van der Waals surface area contributed by atoms with Crippen LogP contribution in [0.2, 0.25) is 0 Å². The van der Waals surface area contributed by atoms with Crippen molar-refractivity contribution in [2.45, 2.75) is 26.2 Å². The van der Waals surface area contributed by atoms with E-state index >= 15 is 0 Å². The predicted octanol–water partition coefficient (Wildman–Crippen LogP) is 5.81. The zero-order valence-corrected chi connectivity index (χ0v) is 16.0. The Labute approximate surface area is 166 Å². The minimum atomic E-state index is 0.661. The maximum absolute atomic E-state index is 8.90. The third-order valence-corrected chi connectivity index (χ3v) is 4.39. The first-order chi connectivity index (χ1) is 13.8. The van der Waals surface area contributed by atoms with Crippen LogP contribution in [0.4, 0.5) is 0 Å². The van der Waals surface area contributed by atoms with Crippen LogP contribution in [0.25, 0.3) is 22.5 Å². The molecule has 3 aromatic rings. The molecule has 0 bridgehead atoms. The number of ether oxygens (including phenoxy) is 1. The van der Waals surface area contributed by atoms with Gasteiger partial charge in [-0.25, -0.2) is 9.97 Å². The summed E-state index contributed by atoms with van der Waals surface area (Å²) < 4.78 is 5.70. The first-order valence-corrected chi connectivity index (χ1v) is 9.47. The van der Waals surface area contributed by atoms with Gasteiger partial charge in [-0.1, -0.05) is 48.6 Å². The molecule has 4 heteroatoms. The van der Waals surface area contributed by atoms with Crippen molar-refractivity contribution in [1.29, 1.82) is 5.26 Å². The molecule has 4 nitrogen and oxygen atoms in total. The van der Waals surface area contributed by atoms with E-state index in [9.17, 15) is 0 Å². The van der Waals surface area contributed by atoms with E-state index < -0.39 is 0 Å². The molecule has 2 aromatic carbocycles. The van der Waals surface area contributed by atoms with Crippen molar-refractivity contribution >= 4 is 0 Å². The van der Waals surface area contributed by atoms with Gasteiger partial charge in [0.1, 0.15) is 0 Å². The summed E-state index contributed by atoms with van der Waals surface area (Å²) in [5, 5.41) is 8.90. The molecule has 0 N–H and O–H groups in total. The van der Waals surface area contributed by atoms with Crippen molar-refractivity contribution < 1.29 is 4.74 Å². The minimum absolute atomic E-state index is 0.661. The summed E-state index contributed by atoms with van der Waals surface area (Å²) in [6.45, 7) is 2.72. The topological polar surface area (TPSA) is 58.8 Å². The molecule has 28 heavy (non-hydrogen) atoms. The van der Waals surface area contributed by atoms with Gasteiger partial charge < -0.3 is 4.74 Å². The number of hydrogen-bond acceptors (Lipinski definition) is 4. The van der Waals surface area contributed by atoms with Gasteiger partial charge in [-0.15, -0.1) is 0 Å². The molecule has 0 saturated carbocycles. The normalized spacial score (nSPS) is 10.7. The lowest BCUT2D eigenvalue weighted by molar-refractivity contribution is 0.305. The van der Waals surface area contributed by atoms with Crippen LogP contribution >= 0.6 is 0 Å². The maximum Gasteiger partial charge on any atom is 0.159 e. The van der Waals surface area contributed by atoms with Crippen LogP contribution in [-0.4, -0.2) is 16.6 Å². The van der Waals surface area contributed by atoms with Gasteiger partial charge in [0.25, 0.3) is 0 Å². The molecule has 0 saturated heterocycles. The van der Waals surface area contributed by atoms with Gasteiger partial charge in [0, 0.05) is 5.56 Å². The van der Waals surface area contributed by atoms with E-state index in [0.29, 0.717) is 23.7 Å². The van der Waals surface area contributed by atoms with E-state index in [1.54, 1.807) is 12.4 Å². The average Bonchev–Trinajstić information content (AvgIpc) is 2.77. The lowest BCUT2D eigenvalue weighted by Crippen LogP contribution is -1.99. The molecule has 0 spiro atoms. The van der Waals surface area contributed by atoms with Gasteiger partial charge in [-0.3, -0.25) is 0 Å². The van der Waals surface area contributed by atoms with Crippen LogP contribution in [0.1, 0.15) is 31.7 Å². The Morgan fingerprint density at radius 1 is 0.893 bits per heavy atom. The fraction of sp³-hybridized carbons (Fsp3) is 0.208. The average molecular weight is 369 g/mol. The van der Waals surface area contributed by atoms with Crippen molar-refractivity contribution in [3.05, 3.63) is 78.6 Å². The highest BCUT2D eigenvalue weighted by Crippen LogP contribution is 2.24. The molecule has 0 amide bonds. The fourth-order valence-corrected chi connectivity index (χ4v) is 2.81. The Morgan fingerprint density at radius 3 is 2.11 bits per heavy atom. The van der Waals surface area contributed by atoms with E-state index in [2.05, 4.69) is 28.2 Å². The number of aromatic nitrogens is 2. The van der Waals surface area contributed by atoms with Gasteiger partial charge in [0.05, 0.1) is 30.6 Å². The number of rotatable bonds is 8. The molecular weight excluding hydrogens is 346 g/mol. The smallest absolute Gasteiger partial charge is 0.159 e. The molecule has 0 atom stereocenters. The quantitative estimate of drug-likeness (QED) is 0.371. The highest BCUT2D eigenvalue weighted by Gasteiger charge is 2.04. The van der Waals surface area contributed by atoms with Crippen molar-refractivity contribution in [3.63, 3.8) is 0 Å². The predicted molar refractivity (Wildman–Crippen MR) is 112 cm³/mol. The van der Waals surface area contributed by atoms with Crippen LogP contribution in [-0.2, 0) is 0 Å². The van der Waals surface area contributed by atoms with Gasteiger partial charge in [0.15, 0.2) is 11.6 Å². The molecule has 1 aromatic heterocycles. The van der Waals surface area contributed by atoms with Crippen LogP contribution in [0.5, 0.6) is 5.75 Å². The summed E-state index contributed by atoms with van der Waals surface area (Å²) in [4.78, 5) is 8.84. The van der Waals surface area contributed by atoms with E-state index in [-0.39, 0.29) is 0 Å². The molecule has 0 fully saturated rings. The van der Waals surface area contributed by atoms with Crippen LogP contribution < -0.4 is 4.74 Å². The van der Waals surface area contributed by atoms with E-state index in [4.69, 9.17) is 10.00 Å². The number of benzene rings is 2. The largest absolute Gasteiger partial charge is 0.490 e. The lowest BCUT2D eigenvalue weighted by Gasteiger charge is -2.07. The third kappa shape index (κ3) is 5.28. The molecule has 0 unspecified atom stereocenters. The number of allylic oxidation sites excluding steroid dienone is 2. The van der Waals surface area contributed by atoms with Crippen molar-refractivity contribution in [2.75, 3.05) is 6.61 Å². The van der Waals surface area contributed by atoms with Crippen LogP contribution in [0.15, 0.2) is 73.1 Å². The van der Waals surface area contributed by atoms with Crippen LogP contribution in [0, 0.1) is 11.3 Å². The SMILES string of the molecule is C/C=C\CCCCOc1cnc(-c2ccc(-c3ccc(C#N)cc3)cc2)nc1. The lowest BCUT2D eigenvalue weighted by atomic mass is 10.0. The van der Waals surface area contributed by atoms with Gasteiger partial charge >= 0.3 is 0 Å². The zero-order chi connectivity index (χ0) is 19.6. The summed E-state index contributed by atoms with van der Waals surface area (Å²) in [6.07, 6.45) is 10.9. The Bertz CT molecular complexity index is 937. The minimum Gasteiger partial charge on any atom is -0.490 e. The molecule has 3 rings (SSSR count). The summed E-state index contributed by atoms with van der Waals surface area (Å²) in [5.74, 6) is 1.37. The molecule has 0 radical (unpaired) electrons. The second-order valence-electron chi connectivity index (χ2n) is 6.42. The second-order valence-corrected chi connectivity index (χ2v) is 6.42. The summed E-state index contributed by atoms with van der Waals surface area (Å²) >= 11 is 0. The summed E-state index contributed by atoms with van der Waals surface area (Å²) in [6, 6.07) is 17.8. The molecule has 140 valence electrons. The van der Waals surface area contributed by atoms with Crippen molar-refractivity contribution in [1.82, 2.24) is 9.97 Å². The van der Waals surface area contributed by atoms with Gasteiger partial charge in [-0.05, 0) is 49.4 Å². The van der Waals surface area contributed by atoms with Gasteiger partial charge in [0.2, 0.25) is 0 Å². The molecule has 0 aliphatic carbocycles. The third-order valence-electron chi connectivity index (χ3n) is 4.39. The number of unbranched alkanes of at least 4 members (excludes halogenated alkanes) is 2. The molecular formula is C24H23N3O. The Hall–Kier alpha value is -3.45. The number of hydrogen-bond donors (Lipinski definition) is 0. The highest BCUT2D eigenvalue weighted by atomic mass is 16.5. The fourth-order valence-electron chi connectivity index (χ4n) is 2.81. The van der Waals surface area contributed by atoms with E-state index in [1.165, 1.54) is 0 Å². The van der Waals surface area contributed by atoms with E-state index in [1.807, 2.05) is 55.5 Å². The zero-order valence-electron chi connectivity index (χ0n) is 16.0. The molecule has 0 aliphatic rings. The monoisotopic (exact) mass is 369 g/mol.